The molecule has 1 N–H and O–H groups in total. The van der Waals surface area contributed by atoms with Crippen LogP contribution in [-0.4, -0.2) is 38.9 Å². The molecule has 1 aliphatic rings. The maximum absolute atomic E-state index is 12.5. The van der Waals surface area contributed by atoms with Gasteiger partial charge in [0, 0.05) is 26.2 Å². The highest BCUT2D eigenvalue weighted by atomic mass is 32.2. The number of unbranched alkanes of at least 4 members (excludes halogenated alkanes) is 3. The van der Waals surface area contributed by atoms with Gasteiger partial charge in [-0.25, -0.2) is 8.42 Å². The van der Waals surface area contributed by atoms with E-state index in [0.29, 0.717) is 18.0 Å². The Kier molecular flexibility index (Phi) is 6.21. The first-order valence-corrected chi connectivity index (χ1v) is 9.38. The van der Waals surface area contributed by atoms with E-state index in [2.05, 4.69) is 12.2 Å². The van der Waals surface area contributed by atoms with Crippen LogP contribution in [0.25, 0.3) is 0 Å². The quantitative estimate of drug-likeness (QED) is 0.787. The number of piperazine rings is 1. The predicted octanol–water partition coefficient (Wildman–Crippen LogP) is 2.40. The fourth-order valence-electron chi connectivity index (χ4n) is 2.62. The van der Waals surface area contributed by atoms with Crippen LogP contribution in [0.4, 0.5) is 0 Å². The first-order valence-electron chi connectivity index (χ1n) is 7.94. The number of nitrogens with zero attached hydrogens (tertiary/aromatic N) is 1. The van der Waals surface area contributed by atoms with Crippen molar-refractivity contribution in [1.29, 1.82) is 0 Å². The first-order chi connectivity index (χ1) is 10.1. The van der Waals surface area contributed by atoms with Crippen LogP contribution in [0.15, 0.2) is 29.2 Å². The highest BCUT2D eigenvalue weighted by Crippen LogP contribution is 2.18. The Bertz CT molecular complexity index is 520. The van der Waals surface area contributed by atoms with Gasteiger partial charge in [-0.1, -0.05) is 38.3 Å². The molecular formula is C16H26N2O2S. The molecule has 0 unspecified atom stereocenters. The minimum absolute atomic E-state index is 0.418. The average Bonchev–Trinajstić information content (AvgIpc) is 2.53. The van der Waals surface area contributed by atoms with Gasteiger partial charge >= 0.3 is 0 Å². The van der Waals surface area contributed by atoms with Gasteiger partial charge in [0.25, 0.3) is 0 Å². The van der Waals surface area contributed by atoms with Gasteiger partial charge in [-0.3, -0.25) is 0 Å². The van der Waals surface area contributed by atoms with Crippen molar-refractivity contribution in [3.63, 3.8) is 0 Å². The first kappa shape index (κ1) is 16.5. The van der Waals surface area contributed by atoms with Gasteiger partial charge in [-0.05, 0) is 30.5 Å². The SMILES string of the molecule is CCCCCCc1ccc(S(=O)(=O)N2CCNCC2)cc1. The lowest BCUT2D eigenvalue weighted by atomic mass is 10.1. The summed E-state index contributed by atoms with van der Waals surface area (Å²) in [6.45, 7) is 4.78. The molecule has 0 bridgehead atoms. The summed E-state index contributed by atoms with van der Waals surface area (Å²) >= 11 is 0. The molecule has 1 saturated heterocycles. The minimum atomic E-state index is -3.31. The van der Waals surface area contributed by atoms with Crippen molar-refractivity contribution in [2.45, 2.75) is 43.9 Å². The van der Waals surface area contributed by atoms with E-state index in [9.17, 15) is 8.42 Å². The molecule has 1 aromatic carbocycles. The molecule has 0 aliphatic carbocycles. The predicted molar refractivity (Wildman–Crippen MR) is 85.9 cm³/mol. The number of nitrogens with one attached hydrogen (secondary N) is 1. The molecule has 0 amide bonds. The maximum atomic E-state index is 12.5. The minimum Gasteiger partial charge on any atom is -0.314 e. The summed E-state index contributed by atoms with van der Waals surface area (Å²) in [4.78, 5) is 0.418. The molecule has 1 aromatic rings. The number of hydrogen-bond donors (Lipinski definition) is 1. The van der Waals surface area contributed by atoms with Gasteiger partial charge in [0.15, 0.2) is 0 Å². The van der Waals surface area contributed by atoms with Crippen molar-refractivity contribution >= 4 is 10.0 Å². The Hall–Kier alpha value is -0.910. The van der Waals surface area contributed by atoms with Gasteiger partial charge in [0.1, 0.15) is 0 Å². The zero-order valence-electron chi connectivity index (χ0n) is 12.8. The van der Waals surface area contributed by atoms with Crippen molar-refractivity contribution in [2.75, 3.05) is 26.2 Å². The molecule has 21 heavy (non-hydrogen) atoms. The van der Waals surface area contributed by atoms with E-state index < -0.39 is 10.0 Å². The highest BCUT2D eigenvalue weighted by molar-refractivity contribution is 7.89. The van der Waals surface area contributed by atoms with Crippen LogP contribution in [-0.2, 0) is 16.4 Å². The van der Waals surface area contributed by atoms with E-state index in [1.807, 2.05) is 12.1 Å². The molecule has 118 valence electrons. The summed E-state index contributed by atoms with van der Waals surface area (Å²) in [6, 6.07) is 7.43. The lowest BCUT2D eigenvalue weighted by Gasteiger charge is -2.26. The molecule has 5 heteroatoms. The summed E-state index contributed by atoms with van der Waals surface area (Å²) in [5.41, 5.74) is 1.23. The summed E-state index contributed by atoms with van der Waals surface area (Å²) in [6.07, 6.45) is 5.97. The summed E-state index contributed by atoms with van der Waals surface area (Å²) in [5, 5.41) is 3.17. The molecule has 0 saturated carbocycles. The van der Waals surface area contributed by atoms with Crippen molar-refractivity contribution in [2.24, 2.45) is 0 Å². The Morgan fingerprint density at radius 3 is 2.33 bits per heavy atom. The number of hydrogen-bond acceptors (Lipinski definition) is 3. The van der Waals surface area contributed by atoms with Gasteiger partial charge in [0.05, 0.1) is 4.90 Å². The maximum Gasteiger partial charge on any atom is 0.243 e. The molecular weight excluding hydrogens is 284 g/mol. The topological polar surface area (TPSA) is 49.4 Å². The zero-order valence-corrected chi connectivity index (χ0v) is 13.7. The lowest BCUT2D eigenvalue weighted by Crippen LogP contribution is -2.46. The number of aryl methyl sites for hydroxylation is 1. The molecule has 1 fully saturated rings. The van der Waals surface area contributed by atoms with Crippen molar-refractivity contribution in [3.05, 3.63) is 29.8 Å². The number of sulfonamides is 1. The second-order valence-corrected chi connectivity index (χ2v) is 7.55. The van der Waals surface area contributed by atoms with Crippen LogP contribution in [0.5, 0.6) is 0 Å². The van der Waals surface area contributed by atoms with E-state index in [4.69, 9.17) is 0 Å². The molecule has 4 nitrogen and oxygen atoms in total. The fourth-order valence-corrected chi connectivity index (χ4v) is 4.06. The third-order valence-corrected chi connectivity index (χ3v) is 5.87. The Labute approximate surface area is 128 Å². The molecule has 0 aromatic heterocycles. The second-order valence-electron chi connectivity index (χ2n) is 5.61. The van der Waals surface area contributed by atoms with Crippen LogP contribution in [0.1, 0.15) is 38.2 Å². The van der Waals surface area contributed by atoms with Gasteiger partial charge in [0.2, 0.25) is 10.0 Å². The van der Waals surface area contributed by atoms with E-state index in [-0.39, 0.29) is 0 Å². The van der Waals surface area contributed by atoms with Crippen LogP contribution in [0.3, 0.4) is 0 Å². The van der Waals surface area contributed by atoms with Crippen molar-refractivity contribution in [1.82, 2.24) is 9.62 Å². The largest absolute Gasteiger partial charge is 0.314 e. The molecule has 1 heterocycles. The lowest BCUT2D eigenvalue weighted by molar-refractivity contribution is 0.360. The highest BCUT2D eigenvalue weighted by Gasteiger charge is 2.25. The zero-order chi connectivity index (χ0) is 15.1. The molecule has 1 aliphatic heterocycles. The summed E-state index contributed by atoms with van der Waals surface area (Å²) < 4.78 is 26.6. The smallest absolute Gasteiger partial charge is 0.243 e. The van der Waals surface area contributed by atoms with Crippen LogP contribution >= 0.6 is 0 Å². The van der Waals surface area contributed by atoms with Gasteiger partial charge in [-0.2, -0.15) is 4.31 Å². The Morgan fingerprint density at radius 2 is 1.71 bits per heavy atom. The van der Waals surface area contributed by atoms with E-state index in [0.717, 1.165) is 19.5 Å². The van der Waals surface area contributed by atoms with Crippen molar-refractivity contribution < 1.29 is 8.42 Å². The molecule has 2 rings (SSSR count). The van der Waals surface area contributed by atoms with Crippen LogP contribution in [0, 0.1) is 0 Å². The molecule has 0 atom stereocenters. The fraction of sp³-hybridized carbons (Fsp3) is 0.625. The normalized spacial score (nSPS) is 17.0. The van der Waals surface area contributed by atoms with Crippen molar-refractivity contribution in [3.8, 4) is 0 Å². The number of rotatable bonds is 7. The van der Waals surface area contributed by atoms with Gasteiger partial charge in [-0.15, -0.1) is 0 Å². The molecule has 0 spiro atoms. The third-order valence-electron chi connectivity index (χ3n) is 3.96. The second kappa shape index (κ2) is 7.92. The molecule has 0 radical (unpaired) electrons. The van der Waals surface area contributed by atoms with E-state index in [1.165, 1.54) is 31.2 Å². The van der Waals surface area contributed by atoms with Gasteiger partial charge < -0.3 is 5.32 Å². The monoisotopic (exact) mass is 310 g/mol. The van der Waals surface area contributed by atoms with E-state index in [1.54, 1.807) is 16.4 Å². The average molecular weight is 310 g/mol. The van der Waals surface area contributed by atoms with E-state index >= 15 is 0 Å². The summed E-state index contributed by atoms with van der Waals surface area (Å²) in [7, 11) is -3.31. The Balaban J connectivity index is 1.97. The third kappa shape index (κ3) is 4.53. The summed E-state index contributed by atoms with van der Waals surface area (Å²) in [5.74, 6) is 0. The standard InChI is InChI=1S/C16H26N2O2S/c1-2-3-4-5-6-15-7-9-16(10-8-15)21(19,20)18-13-11-17-12-14-18/h7-10,17H,2-6,11-14H2,1H3. The number of benzene rings is 1. The van der Waals surface area contributed by atoms with Crippen LogP contribution < -0.4 is 5.32 Å². The van der Waals surface area contributed by atoms with Crippen LogP contribution in [0.2, 0.25) is 0 Å². The Morgan fingerprint density at radius 1 is 1.05 bits per heavy atom.